The molecule has 114 valence electrons. The maximum absolute atomic E-state index is 11.9. The van der Waals surface area contributed by atoms with E-state index in [1.54, 1.807) is 7.11 Å². The Labute approximate surface area is 121 Å². The van der Waals surface area contributed by atoms with Gasteiger partial charge in [-0.05, 0) is 33.6 Å². The minimum absolute atomic E-state index is 0.0156. The fourth-order valence-electron chi connectivity index (χ4n) is 2.14. The lowest BCUT2D eigenvalue weighted by atomic mass is 9.96. The number of H-pyrrole nitrogens is 1. The summed E-state index contributed by atoms with van der Waals surface area (Å²) in [7, 11) is 1.66. The van der Waals surface area contributed by atoms with Gasteiger partial charge < -0.3 is 15.0 Å². The van der Waals surface area contributed by atoms with Crippen molar-refractivity contribution in [3.8, 4) is 0 Å². The van der Waals surface area contributed by atoms with E-state index in [1.807, 2.05) is 13.8 Å². The number of nitrogens with zero attached hydrogens (tertiary/aromatic N) is 1. The van der Waals surface area contributed by atoms with Crippen molar-refractivity contribution in [2.75, 3.05) is 7.11 Å². The first-order valence-electron chi connectivity index (χ1n) is 7.17. The van der Waals surface area contributed by atoms with E-state index < -0.39 is 5.60 Å². The Morgan fingerprint density at radius 1 is 1.30 bits per heavy atom. The molecule has 0 atom stereocenters. The largest absolute Gasteiger partial charge is 0.370 e. The summed E-state index contributed by atoms with van der Waals surface area (Å²) in [5.41, 5.74) is 0.0703. The Hall–Kier alpha value is -1.20. The number of ether oxygens (including phenoxy) is 1. The number of aromatic nitrogens is 2. The molecule has 5 nitrogen and oxygen atoms in total. The van der Waals surface area contributed by atoms with E-state index in [0.29, 0.717) is 12.4 Å². The molecule has 0 spiro atoms. The molecule has 5 heteroatoms. The average molecular weight is 281 g/mol. The number of methoxy groups -OCH3 is 1. The van der Waals surface area contributed by atoms with Crippen LogP contribution in [0, 0.1) is 0 Å². The highest BCUT2D eigenvalue weighted by molar-refractivity contribution is 5.09. The zero-order chi connectivity index (χ0) is 15.4. The number of hydrogen-bond donors (Lipinski definition) is 2. The molecule has 0 bridgehead atoms. The van der Waals surface area contributed by atoms with Gasteiger partial charge in [-0.25, -0.2) is 4.98 Å². The Bertz CT molecular complexity index is 476. The summed E-state index contributed by atoms with van der Waals surface area (Å²) in [5.74, 6) is 0.614. The van der Waals surface area contributed by atoms with Crippen LogP contribution in [-0.4, -0.2) is 22.6 Å². The molecule has 0 aliphatic rings. The molecule has 0 aliphatic carbocycles. The van der Waals surface area contributed by atoms with Gasteiger partial charge in [0.2, 0.25) is 0 Å². The summed E-state index contributed by atoms with van der Waals surface area (Å²) in [4.78, 5) is 19.2. The normalized spacial score (nSPS) is 12.7. The second-order valence-corrected chi connectivity index (χ2v) is 6.09. The molecule has 2 N–H and O–H groups in total. The highest BCUT2D eigenvalue weighted by Crippen LogP contribution is 2.29. The molecule has 1 aromatic rings. The molecule has 0 fully saturated rings. The molecule has 0 amide bonds. The van der Waals surface area contributed by atoms with Crippen molar-refractivity contribution in [2.24, 2.45) is 0 Å². The Kier molecular flexibility index (Phi) is 5.48. The van der Waals surface area contributed by atoms with Crippen LogP contribution in [0.3, 0.4) is 0 Å². The lowest BCUT2D eigenvalue weighted by molar-refractivity contribution is -0.0295. The van der Waals surface area contributed by atoms with Gasteiger partial charge in [0.25, 0.3) is 5.56 Å². The quantitative estimate of drug-likeness (QED) is 0.839. The first-order valence-corrected chi connectivity index (χ1v) is 7.17. The summed E-state index contributed by atoms with van der Waals surface area (Å²) >= 11 is 0. The van der Waals surface area contributed by atoms with Crippen molar-refractivity contribution >= 4 is 0 Å². The van der Waals surface area contributed by atoms with Crippen molar-refractivity contribution in [1.29, 1.82) is 0 Å². The smallest absolute Gasteiger partial charge is 0.251 e. The van der Waals surface area contributed by atoms with Crippen molar-refractivity contribution in [3.05, 3.63) is 27.9 Å². The lowest BCUT2D eigenvalue weighted by Crippen LogP contribution is -2.37. The Balaban J connectivity index is 3.11. The van der Waals surface area contributed by atoms with Crippen LogP contribution in [0.5, 0.6) is 0 Å². The Morgan fingerprint density at radius 2 is 1.90 bits per heavy atom. The van der Waals surface area contributed by atoms with Crippen LogP contribution in [0.15, 0.2) is 10.9 Å². The molecule has 1 rings (SSSR count). The molecular weight excluding hydrogens is 254 g/mol. The molecule has 1 aromatic heterocycles. The Morgan fingerprint density at radius 3 is 2.35 bits per heavy atom. The number of aromatic amines is 1. The summed E-state index contributed by atoms with van der Waals surface area (Å²) in [6, 6.07) is 1.54. The molecular formula is C15H27N3O2. The average Bonchev–Trinajstić information content (AvgIpc) is 2.38. The van der Waals surface area contributed by atoms with E-state index in [1.165, 1.54) is 6.07 Å². The monoisotopic (exact) mass is 281 g/mol. The van der Waals surface area contributed by atoms with Crippen molar-refractivity contribution < 1.29 is 4.74 Å². The molecule has 0 saturated heterocycles. The summed E-state index contributed by atoms with van der Waals surface area (Å²) in [6.45, 7) is 10.9. The first kappa shape index (κ1) is 16.9. The van der Waals surface area contributed by atoms with E-state index in [-0.39, 0.29) is 11.1 Å². The number of rotatable bonds is 6. The minimum atomic E-state index is -0.517. The van der Waals surface area contributed by atoms with Crippen molar-refractivity contribution in [1.82, 2.24) is 15.3 Å². The van der Waals surface area contributed by atoms with Crippen LogP contribution >= 0.6 is 0 Å². The summed E-state index contributed by atoms with van der Waals surface area (Å²) in [5, 5.41) is 3.34. The van der Waals surface area contributed by atoms with Crippen LogP contribution in [-0.2, 0) is 16.9 Å². The van der Waals surface area contributed by atoms with Gasteiger partial charge in [-0.3, -0.25) is 4.79 Å². The van der Waals surface area contributed by atoms with Gasteiger partial charge in [0.15, 0.2) is 0 Å². The van der Waals surface area contributed by atoms with Gasteiger partial charge in [-0.1, -0.05) is 13.8 Å². The van der Waals surface area contributed by atoms with Gasteiger partial charge >= 0.3 is 0 Å². The standard InChI is InChI=1S/C15H27N3O2/c1-7-15(8-2,20-6)13-17-11(9-12(19)18-13)10-16-14(3,4)5/h9,16H,7-8,10H2,1-6H3,(H,17,18,19). The SMILES string of the molecule is CCC(CC)(OC)c1nc(CNC(C)(C)C)cc(=O)[nH]1. The van der Waals surface area contributed by atoms with Crippen LogP contribution in [0.1, 0.15) is 59.0 Å². The molecule has 0 aliphatic heterocycles. The van der Waals surface area contributed by atoms with Gasteiger partial charge in [0.05, 0.1) is 5.69 Å². The third-order valence-electron chi connectivity index (χ3n) is 3.56. The molecule has 0 aromatic carbocycles. The van der Waals surface area contributed by atoms with Gasteiger partial charge in [-0.15, -0.1) is 0 Å². The van der Waals surface area contributed by atoms with Crippen molar-refractivity contribution in [2.45, 2.75) is 65.1 Å². The fraction of sp³-hybridized carbons (Fsp3) is 0.733. The van der Waals surface area contributed by atoms with E-state index in [4.69, 9.17) is 4.74 Å². The third-order valence-corrected chi connectivity index (χ3v) is 3.56. The fourth-order valence-corrected chi connectivity index (χ4v) is 2.14. The number of nitrogens with one attached hydrogen (secondary N) is 2. The molecule has 1 heterocycles. The maximum atomic E-state index is 11.9. The number of hydrogen-bond acceptors (Lipinski definition) is 4. The first-order chi connectivity index (χ1) is 9.26. The van der Waals surface area contributed by atoms with Crippen LogP contribution in [0.25, 0.3) is 0 Å². The van der Waals surface area contributed by atoms with Crippen molar-refractivity contribution in [3.63, 3.8) is 0 Å². The lowest BCUT2D eigenvalue weighted by Gasteiger charge is -2.29. The van der Waals surface area contributed by atoms with E-state index in [9.17, 15) is 4.79 Å². The molecule has 20 heavy (non-hydrogen) atoms. The second kappa shape index (κ2) is 6.50. The molecule has 0 radical (unpaired) electrons. The summed E-state index contributed by atoms with van der Waals surface area (Å²) in [6.07, 6.45) is 1.53. The van der Waals surface area contributed by atoms with E-state index in [2.05, 4.69) is 36.1 Å². The van der Waals surface area contributed by atoms with Gasteiger partial charge in [0.1, 0.15) is 11.4 Å². The summed E-state index contributed by atoms with van der Waals surface area (Å²) < 4.78 is 5.62. The van der Waals surface area contributed by atoms with Crippen LogP contribution < -0.4 is 10.9 Å². The van der Waals surface area contributed by atoms with Crippen LogP contribution in [0.2, 0.25) is 0 Å². The van der Waals surface area contributed by atoms with Crippen LogP contribution in [0.4, 0.5) is 0 Å². The highest BCUT2D eigenvalue weighted by Gasteiger charge is 2.31. The van der Waals surface area contributed by atoms with E-state index >= 15 is 0 Å². The molecule has 0 unspecified atom stereocenters. The topological polar surface area (TPSA) is 67.0 Å². The minimum Gasteiger partial charge on any atom is -0.370 e. The highest BCUT2D eigenvalue weighted by atomic mass is 16.5. The maximum Gasteiger partial charge on any atom is 0.251 e. The van der Waals surface area contributed by atoms with Gasteiger partial charge in [0, 0.05) is 25.3 Å². The predicted molar refractivity (Wildman–Crippen MR) is 80.7 cm³/mol. The second-order valence-electron chi connectivity index (χ2n) is 6.09. The third kappa shape index (κ3) is 4.15. The van der Waals surface area contributed by atoms with Gasteiger partial charge in [-0.2, -0.15) is 0 Å². The predicted octanol–water partition coefficient (Wildman–Crippen LogP) is 2.32. The molecule has 0 saturated carbocycles. The zero-order valence-electron chi connectivity index (χ0n) is 13.5. The zero-order valence-corrected chi connectivity index (χ0v) is 13.5. The van der Waals surface area contributed by atoms with E-state index in [0.717, 1.165) is 18.5 Å².